The fourth-order valence-corrected chi connectivity index (χ4v) is 6.76. The first-order valence-electron chi connectivity index (χ1n) is 14.1. The SMILES string of the molecule is O=Cc1ccccc1Sc1c(CNC(O)OCC2c3ccccc3-c3ccccc32)cc(-c2ccccc2)cc1C(F)(F)F. The first-order chi connectivity index (χ1) is 21.3. The monoisotopic (exact) mass is 611 g/mol. The molecule has 1 aliphatic rings. The number of rotatable bonds is 10. The van der Waals surface area contributed by atoms with Gasteiger partial charge in [-0.15, -0.1) is 0 Å². The van der Waals surface area contributed by atoms with E-state index in [1.54, 1.807) is 60.7 Å². The van der Waals surface area contributed by atoms with Crippen LogP contribution in [-0.4, -0.2) is 24.4 Å². The summed E-state index contributed by atoms with van der Waals surface area (Å²) in [6, 6.07) is 34.2. The zero-order chi connectivity index (χ0) is 30.7. The number of carbonyl (C=O) groups is 1. The quantitative estimate of drug-likeness (QED) is 0.122. The first-order valence-corrected chi connectivity index (χ1v) is 14.9. The number of hydrogen-bond acceptors (Lipinski definition) is 5. The van der Waals surface area contributed by atoms with Crippen LogP contribution in [0.15, 0.2) is 125 Å². The smallest absolute Gasteiger partial charge is 0.356 e. The third kappa shape index (κ3) is 6.21. The van der Waals surface area contributed by atoms with Crippen molar-refractivity contribution in [2.45, 2.75) is 34.8 Å². The van der Waals surface area contributed by atoms with Crippen molar-refractivity contribution in [2.75, 3.05) is 6.61 Å². The van der Waals surface area contributed by atoms with E-state index < -0.39 is 18.2 Å². The van der Waals surface area contributed by atoms with Crippen LogP contribution in [0.2, 0.25) is 0 Å². The van der Waals surface area contributed by atoms with Gasteiger partial charge in [-0.2, -0.15) is 13.2 Å². The van der Waals surface area contributed by atoms with Crippen LogP contribution in [0.4, 0.5) is 13.2 Å². The van der Waals surface area contributed by atoms with E-state index in [1.807, 2.05) is 36.4 Å². The molecule has 0 heterocycles. The molecule has 0 aliphatic heterocycles. The number of nitrogens with one attached hydrogen (secondary N) is 1. The minimum Gasteiger partial charge on any atom is -0.356 e. The second-order valence-electron chi connectivity index (χ2n) is 10.4. The molecule has 0 aromatic heterocycles. The molecule has 4 nitrogen and oxygen atoms in total. The zero-order valence-corrected chi connectivity index (χ0v) is 24.2. The van der Waals surface area contributed by atoms with Gasteiger partial charge in [0.05, 0.1) is 12.2 Å². The lowest BCUT2D eigenvalue weighted by Gasteiger charge is -2.22. The van der Waals surface area contributed by atoms with E-state index in [9.17, 15) is 23.1 Å². The molecule has 0 spiro atoms. The van der Waals surface area contributed by atoms with Crippen molar-refractivity contribution in [1.29, 1.82) is 0 Å². The molecule has 5 aromatic carbocycles. The van der Waals surface area contributed by atoms with Crippen LogP contribution in [0.3, 0.4) is 0 Å². The normalized spacial score (nSPS) is 13.4. The van der Waals surface area contributed by atoms with Gasteiger partial charge in [0.25, 0.3) is 0 Å². The van der Waals surface area contributed by atoms with Gasteiger partial charge in [0.1, 0.15) is 0 Å². The Morgan fingerprint density at radius 1 is 0.818 bits per heavy atom. The van der Waals surface area contributed by atoms with Crippen LogP contribution in [-0.2, 0) is 17.5 Å². The average Bonchev–Trinajstić information content (AvgIpc) is 3.36. The van der Waals surface area contributed by atoms with Crippen LogP contribution in [0.5, 0.6) is 0 Å². The lowest BCUT2D eigenvalue weighted by Crippen LogP contribution is -2.32. The highest BCUT2D eigenvalue weighted by molar-refractivity contribution is 7.99. The molecule has 1 aliphatic carbocycles. The van der Waals surface area contributed by atoms with Gasteiger partial charge >= 0.3 is 6.18 Å². The maximum atomic E-state index is 14.6. The van der Waals surface area contributed by atoms with Gasteiger partial charge in [0.15, 0.2) is 6.29 Å². The summed E-state index contributed by atoms with van der Waals surface area (Å²) in [6.07, 6.45) is -5.48. The number of halogens is 3. The van der Waals surface area contributed by atoms with Crippen molar-refractivity contribution in [1.82, 2.24) is 5.32 Å². The fraction of sp³-hybridized carbons (Fsp3) is 0.139. The molecule has 0 radical (unpaired) electrons. The van der Waals surface area contributed by atoms with E-state index in [-0.39, 0.29) is 29.5 Å². The second kappa shape index (κ2) is 12.8. The molecule has 1 atom stereocenters. The number of aliphatic hydroxyl groups excluding tert-OH is 1. The number of hydrogen-bond donors (Lipinski definition) is 2. The molecule has 0 fully saturated rings. The van der Waals surface area contributed by atoms with E-state index in [1.165, 1.54) is 0 Å². The summed E-state index contributed by atoms with van der Waals surface area (Å²) in [6.45, 7) is 0.0583. The lowest BCUT2D eigenvalue weighted by atomic mass is 9.98. The predicted molar refractivity (Wildman–Crippen MR) is 165 cm³/mol. The van der Waals surface area contributed by atoms with Crippen LogP contribution in [0.1, 0.15) is 38.5 Å². The highest BCUT2D eigenvalue weighted by Crippen LogP contribution is 2.46. The Morgan fingerprint density at radius 2 is 1.43 bits per heavy atom. The van der Waals surface area contributed by atoms with Crippen molar-refractivity contribution in [3.8, 4) is 22.3 Å². The lowest BCUT2D eigenvalue weighted by molar-refractivity contribution is -0.139. The molecule has 0 saturated carbocycles. The maximum absolute atomic E-state index is 14.6. The maximum Gasteiger partial charge on any atom is 0.417 e. The van der Waals surface area contributed by atoms with Gasteiger partial charge in [0, 0.05) is 27.8 Å². The molecule has 222 valence electrons. The fourth-order valence-electron chi connectivity index (χ4n) is 5.61. The Kier molecular flexibility index (Phi) is 8.68. The van der Waals surface area contributed by atoms with Crippen LogP contribution in [0, 0.1) is 0 Å². The summed E-state index contributed by atoms with van der Waals surface area (Å²) in [5.74, 6) is -0.0944. The molecular weight excluding hydrogens is 583 g/mol. The highest BCUT2D eigenvalue weighted by Gasteiger charge is 2.36. The minimum absolute atomic E-state index is 0.0511. The largest absolute Gasteiger partial charge is 0.417 e. The van der Waals surface area contributed by atoms with E-state index >= 15 is 0 Å². The van der Waals surface area contributed by atoms with E-state index in [2.05, 4.69) is 17.4 Å². The summed E-state index contributed by atoms with van der Waals surface area (Å²) in [4.78, 5) is 12.0. The average molecular weight is 612 g/mol. The number of fused-ring (bicyclic) bond motifs is 3. The van der Waals surface area contributed by atoms with E-state index in [0.717, 1.165) is 40.1 Å². The van der Waals surface area contributed by atoms with Gasteiger partial charge in [-0.3, -0.25) is 10.1 Å². The molecule has 8 heteroatoms. The van der Waals surface area contributed by atoms with Gasteiger partial charge in [-0.1, -0.05) is 109 Å². The number of benzene rings is 5. The Bertz CT molecular complexity index is 1750. The Morgan fingerprint density at radius 3 is 2.09 bits per heavy atom. The molecule has 1 unspecified atom stereocenters. The third-order valence-electron chi connectivity index (χ3n) is 7.69. The first kappa shape index (κ1) is 29.8. The zero-order valence-electron chi connectivity index (χ0n) is 23.4. The number of carbonyl (C=O) groups excluding carboxylic acids is 1. The predicted octanol–water partition coefficient (Wildman–Crippen LogP) is 8.53. The Hall–Kier alpha value is -4.21. The van der Waals surface area contributed by atoms with Gasteiger partial charge in [-0.25, -0.2) is 0 Å². The van der Waals surface area contributed by atoms with Crippen molar-refractivity contribution in [3.63, 3.8) is 0 Å². The third-order valence-corrected chi connectivity index (χ3v) is 8.96. The van der Waals surface area contributed by atoms with Gasteiger partial charge in [-0.05, 0) is 57.1 Å². The molecule has 44 heavy (non-hydrogen) atoms. The van der Waals surface area contributed by atoms with Crippen LogP contribution in [0.25, 0.3) is 22.3 Å². The summed E-state index contributed by atoms with van der Waals surface area (Å²) >= 11 is 0.879. The van der Waals surface area contributed by atoms with Gasteiger partial charge in [0.2, 0.25) is 6.41 Å². The van der Waals surface area contributed by atoms with Crippen molar-refractivity contribution in [2.24, 2.45) is 0 Å². The molecule has 0 amide bonds. The highest BCUT2D eigenvalue weighted by atomic mass is 32.2. The van der Waals surface area contributed by atoms with E-state index in [0.29, 0.717) is 27.9 Å². The molecule has 0 saturated heterocycles. The molecule has 6 rings (SSSR count). The summed E-state index contributed by atoms with van der Waals surface area (Å²) in [7, 11) is 0. The number of aliphatic hydroxyl groups is 1. The summed E-state index contributed by atoms with van der Waals surface area (Å²) < 4.78 is 49.5. The number of alkyl halides is 3. The summed E-state index contributed by atoms with van der Waals surface area (Å²) in [5, 5.41) is 13.7. The molecule has 5 aromatic rings. The van der Waals surface area contributed by atoms with Gasteiger partial charge < -0.3 is 9.84 Å². The van der Waals surface area contributed by atoms with Crippen molar-refractivity contribution >= 4 is 18.0 Å². The number of aldehydes is 1. The topological polar surface area (TPSA) is 58.6 Å². The molecular formula is C36H28F3NO3S. The van der Waals surface area contributed by atoms with Crippen molar-refractivity contribution in [3.05, 3.63) is 143 Å². The van der Waals surface area contributed by atoms with Crippen LogP contribution >= 0.6 is 11.8 Å². The molecule has 0 bridgehead atoms. The second-order valence-corrected chi connectivity index (χ2v) is 11.5. The number of ether oxygens (including phenoxy) is 1. The van der Waals surface area contributed by atoms with Crippen LogP contribution < -0.4 is 5.32 Å². The standard InChI is InChI=1S/C36H28F3NO3S/c37-36(38,39)32-19-25(23-10-2-1-3-11-23)18-26(34(32)44-33-17-9-4-12-24(33)21-41)20-40-35(42)43-22-31-29-15-7-5-13-27(29)28-14-6-8-16-30(28)31/h1-19,21,31,35,40,42H,20,22H2. The Labute approximate surface area is 257 Å². The Balaban J connectivity index is 1.29. The molecule has 2 N–H and O–H groups in total. The summed E-state index contributed by atoms with van der Waals surface area (Å²) in [5.41, 5.74) is 5.22. The van der Waals surface area contributed by atoms with E-state index in [4.69, 9.17) is 4.74 Å². The van der Waals surface area contributed by atoms with Crippen molar-refractivity contribution < 1.29 is 27.8 Å². The minimum atomic E-state index is -4.67.